The van der Waals surface area contributed by atoms with Gasteiger partial charge in [0.15, 0.2) is 0 Å². The van der Waals surface area contributed by atoms with Crippen molar-refractivity contribution in [2.45, 2.75) is 31.9 Å². The Hall–Kier alpha value is -2.13. The smallest absolute Gasteiger partial charge is 0.269 e. The Balaban J connectivity index is 2.42. The zero-order valence-electron chi connectivity index (χ0n) is 11.5. The zero-order chi connectivity index (χ0) is 15.0. The van der Waals surface area contributed by atoms with Crippen LogP contribution in [0.2, 0.25) is 0 Å². The average Bonchev–Trinajstić information content (AvgIpc) is 2.39. The Labute approximate surface area is 120 Å². The predicted octanol–water partition coefficient (Wildman–Crippen LogP) is 2.70. The lowest BCUT2D eigenvalue weighted by molar-refractivity contribution is -0.384. The highest BCUT2D eigenvalue weighted by atomic mass is 28.2. The first-order valence-corrected chi connectivity index (χ1v) is 8.00. The molecule has 0 N–H and O–H groups in total. The maximum atomic E-state index is 10.5. The molecule has 20 heavy (non-hydrogen) atoms. The lowest BCUT2D eigenvalue weighted by Gasteiger charge is -2.15. The van der Waals surface area contributed by atoms with E-state index in [1.54, 1.807) is 12.1 Å². The van der Waals surface area contributed by atoms with Gasteiger partial charge in [0.2, 0.25) is 0 Å². The molecule has 1 aromatic rings. The number of allylic oxidation sites excluding steroid dienone is 1. The average molecular weight is 290 g/mol. The third-order valence-corrected chi connectivity index (χ3v) is 4.45. The zero-order valence-corrected chi connectivity index (χ0v) is 13.0. The number of nitro groups is 1. The van der Waals surface area contributed by atoms with Crippen LogP contribution < -0.4 is 4.74 Å². The number of hydrogen-bond donors (Lipinski definition) is 0. The quantitative estimate of drug-likeness (QED) is 0.319. The van der Waals surface area contributed by atoms with E-state index in [-0.39, 0.29) is 11.4 Å². The molecule has 0 aromatic heterocycles. The van der Waals surface area contributed by atoms with Crippen LogP contribution in [0, 0.1) is 21.4 Å². The van der Waals surface area contributed by atoms with Gasteiger partial charge in [-0.15, -0.1) is 6.58 Å². The van der Waals surface area contributed by atoms with Crippen LogP contribution in [0.4, 0.5) is 5.69 Å². The third-order valence-electron chi connectivity index (χ3n) is 2.78. The molecule has 1 atom stereocenters. The number of nitrogens with zero attached hydrogens (tertiary/aromatic N) is 2. The maximum Gasteiger partial charge on any atom is 0.269 e. The number of benzene rings is 1. The minimum Gasteiger partial charge on any atom is -0.495 e. The van der Waals surface area contributed by atoms with Crippen LogP contribution >= 0.6 is 0 Å². The molecule has 0 aliphatic rings. The first kappa shape index (κ1) is 15.9. The molecule has 0 heterocycles. The number of ether oxygens (including phenoxy) is 1. The van der Waals surface area contributed by atoms with E-state index < -0.39 is 14.4 Å². The summed E-state index contributed by atoms with van der Waals surface area (Å²) in [6.07, 6.45) is 2.30. The van der Waals surface area contributed by atoms with Gasteiger partial charge in [0.1, 0.15) is 5.75 Å². The molecule has 0 amide bonds. The summed E-state index contributed by atoms with van der Waals surface area (Å²) >= 11 is 0. The van der Waals surface area contributed by atoms with Gasteiger partial charge in [0, 0.05) is 18.6 Å². The number of unbranched alkanes of at least 4 members (excludes halogenated alkanes) is 1. The molecular formula is C14H18N2O3Si. The first-order valence-electron chi connectivity index (χ1n) is 6.47. The van der Waals surface area contributed by atoms with E-state index in [0.29, 0.717) is 12.2 Å². The molecule has 6 heteroatoms. The Morgan fingerprint density at radius 2 is 2.20 bits per heavy atom. The molecule has 0 aliphatic heterocycles. The summed E-state index contributed by atoms with van der Waals surface area (Å²) in [5.74, 6) is 0.639. The van der Waals surface area contributed by atoms with Gasteiger partial charge in [-0.25, -0.2) is 0 Å². The number of nitro benzene ring substituents is 1. The van der Waals surface area contributed by atoms with Gasteiger partial charge < -0.3 is 4.74 Å². The highest BCUT2D eigenvalue weighted by molar-refractivity contribution is 6.46. The van der Waals surface area contributed by atoms with Crippen LogP contribution in [0.25, 0.3) is 0 Å². The molecule has 5 nitrogen and oxygen atoms in total. The van der Waals surface area contributed by atoms with Crippen molar-refractivity contribution in [1.82, 2.24) is 0 Å². The summed E-state index contributed by atoms with van der Waals surface area (Å²) in [5, 5.41) is 20.2. The van der Waals surface area contributed by atoms with E-state index in [1.165, 1.54) is 17.3 Å². The van der Waals surface area contributed by atoms with E-state index in [9.17, 15) is 10.1 Å². The number of nitriles is 1. The maximum absolute atomic E-state index is 10.5. The highest BCUT2D eigenvalue weighted by Gasteiger charge is 2.09. The predicted molar refractivity (Wildman–Crippen MR) is 80.3 cm³/mol. The number of non-ortho nitro benzene ring substituents is 1. The topological polar surface area (TPSA) is 76.2 Å². The second kappa shape index (κ2) is 8.12. The molecule has 106 valence electrons. The van der Waals surface area contributed by atoms with Crippen molar-refractivity contribution in [2.24, 2.45) is 0 Å². The van der Waals surface area contributed by atoms with E-state index in [2.05, 4.69) is 12.6 Å². The van der Waals surface area contributed by atoms with E-state index in [0.717, 1.165) is 12.8 Å². The van der Waals surface area contributed by atoms with Gasteiger partial charge in [0.25, 0.3) is 5.69 Å². The Morgan fingerprint density at radius 1 is 1.55 bits per heavy atom. The van der Waals surface area contributed by atoms with Gasteiger partial charge in [-0.05, 0) is 31.9 Å². The van der Waals surface area contributed by atoms with Crippen LogP contribution in [0.5, 0.6) is 5.75 Å². The van der Waals surface area contributed by atoms with Crippen LogP contribution in [0.15, 0.2) is 36.0 Å². The minimum atomic E-state index is -0.597. The molecule has 0 bridgehead atoms. The van der Waals surface area contributed by atoms with Crippen molar-refractivity contribution < 1.29 is 9.66 Å². The Bertz CT molecular complexity index is 508. The fraction of sp³-hybridized carbons (Fsp3) is 0.357. The summed E-state index contributed by atoms with van der Waals surface area (Å²) < 4.78 is 5.74. The number of hydrogen-bond acceptors (Lipinski definition) is 4. The van der Waals surface area contributed by atoms with Gasteiger partial charge in [-0.2, -0.15) is 5.26 Å². The molecule has 1 aromatic carbocycles. The Kier molecular flexibility index (Phi) is 6.47. The lowest BCUT2D eigenvalue weighted by Crippen LogP contribution is -2.21. The van der Waals surface area contributed by atoms with Crippen molar-refractivity contribution >= 4 is 15.2 Å². The Morgan fingerprint density at radius 3 is 2.75 bits per heavy atom. The van der Waals surface area contributed by atoms with Crippen molar-refractivity contribution in [1.29, 1.82) is 5.26 Å². The molecule has 0 fully saturated rings. The SMILES string of the molecule is C=C(CCCC#N)[SiH2]C(C)Oc1ccc([N+](=O)[O-])cc1. The molecule has 0 radical (unpaired) electrons. The molecule has 0 aliphatic carbocycles. The van der Waals surface area contributed by atoms with E-state index in [1.807, 2.05) is 6.92 Å². The van der Waals surface area contributed by atoms with Crippen LogP contribution in [-0.2, 0) is 0 Å². The monoisotopic (exact) mass is 290 g/mol. The summed E-state index contributed by atoms with van der Waals surface area (Å²) in [6, 6.07) is 8.22. The molecular weight excluding hydrogens is 272 g/mol. The molecule has 1 rings (SSSR count). The van der Waals surface area contributed by atoms with Crippen molar-refractivity contribution in [3.05, 3.63) is 46.2 Å². The molecule has 0 spiro atoms. The van der Waals surface area contributed by atoms with Gasteiger partial charge >= 0.3 is 0 Å². The minimum absolute atomic E-state index is 0.0585. The van der Waals surface area contributed by atoms with Gasteiger partial charge in [0.05, 0.1) is 26.2 Å². The first-order chi connectivity index (χ1) is 9.52. The van der Waals surface area contributed by atoms with Gasteiger partial charge in [-0.3, -0.25) is 10.1 Å². The molecule has 1 unspecified atom stereocenters. The van der Waals surface area contributed by atoms with Crippen LogP contribution in [0.3, 0.4) is 0 Å². The molecule has 0 saturated carbocycles. The van der Waals surface area contributed by atoms with E-state index >= 15 is 0 Å². The standard InChI is InChI=1S/C14H18N2O3Si/c1-11(5-3-4-10-15)20-12(2)19-14-8-6-13(7-9-14)16(17)18/h6-9,12H,1,3-5,20H2,2H3. The normalized spacial score (nSPS) is 12.0. The summed E-state index contributed by atoms with van der Waals surface area (Å²) in [7, 11) is -0.597. The second-order valence-electron chi connectivity index (χ2n) is 4.65. The number of rotatable bonds is 8. The fourth-order valence-corrected chi connectivity index (χ4v) is 3.39. The molecule has 0 saturated heterocycles. The summed E-state index contributed by atoms with van der Waals surface area (Å²) in [6.45, 7) is 6.02. The summed E-state index contributed by atoms with van der Waals surface area (Å²) in [4.78, 5) is 10.1. The van der Waals surface area contributed by atoms with Crippen LogP contribution in [0.1, 0.15) is 26.2 Å². The second-order valence-corrected chi connectivity index (χ2v) is 7.20. The highest BCUT2D eigenvalue weighted by Crippen LogP contribution is 2.18. The van der Waals surface area contributed by atoms with Crippen molar-refractivity contribution in [3.63, 3.8) is 0 Å². The fourth-order valence-electron chi connectivity index (χ4n) is 1.85. The lowest BCUT2D eigenvalue weighted by atomic mass is 10.2. The van der Waals surface area contributed by atoms with Gasteiger partial charge in [-0.1, -0.05) is 5.20 Å². The van der Waals surface area contributed by atoms with Crippen molar-refractivity contribution in [3.8, 4) is 11.8 Å². The van der Waals surface area contributed by atoms with Crippen LogP contribution in [-0.4, -0.2) is 20.2 Å². The van der Waals surface area contributed by atoms with E-state index in [4.69, 9.17) is 10.00 Å². The largest absolute Gasteiger partial charge is 0.495 e. The van der Waals surface area contributed by atoms with Crippen molar-refractivity contribution in [2.75, 3.05) is 0 Å². The third kappa shape index (κ3) is 5.67. The summed E-state index contributed by atoms with van der Waals surface area (Å²) in [5.41, 5.74) is 0.147.